The third-order valence-electron chi connectivity index (χ3n) is 1.02. The van der Waals surface area contributed by atoms with Gasteiger partial charge in [0.15, 0.2) is 0 Å². The lowest BCUT2D eigenvalue weighted by Crippen LogP contribution is -2.07. The fourth-order valence-corrected chi connectivity index (χ4v) is 1.13. The molecule has 0 unspecified atom stereocenters. The van der Waals surface area contributed by atoms with Crippen LogP contribution in [0.25, 0.3) is 0 Å². The average molecular weight is 221 g/mol. The number of halogens is 2. The number of hydrogen-bond donors (Lipinski definition) is 2. The first-order valence-electron chi connectivity index (χ1n) is 2.70. The maximum atomic E-state index is 5.21. The Morgan fingerprint density at radius 2 is 2.20 bits per heavy atom. The van der Waals surface area contributed by atoms with Crippen molar-refractivity contribution in [2.45, 2.75) is 0 Å². The minimum Gasteiger partial charge on any atom is -0.308 e. The van der Waals surface area contributed by atoms with Crippen LogP contribution in [0, 0.1) is 0 Å². The van der Waals surface area contributed by atoms with Crippen LogP contribution in [-0.4, -0.2) is 0 Å². The molecule has 2 N–H and O–H groups in total. The summed E-state index contributed by atoms with van der Waals surface area (Å²) in [6.07, 6.45) is 0. The van der Waals surface area contributed by atoms with Gasteiger partial charge >= 0.3 is 0 Å². The standard InChI is InChI=1S/C6H6BrClN2/c7-5-2-1-3-6(4-5)9-10-8/h1-4,9-10H. The second-order valence-corrected chi connectivity index (χ2v) is 2.83. The van der Waals surface area contributed by atoms with Crippen LogP contribution in [0.15, 0.2) is 28.7 Å². The Balaban J connectivity index is 2.75. The van der Waals surface area contributed by atoms with Gasteiger partial charge in [-0.05, 0) is 30.0 Å². The molecule has 0 fully saturated rings. The minimum absolute atomic E-state index is 0.921. The number of anilines is 1. The number of hydrogen-bond acceptors (Lipinski definition) is 2. The summed E-state index contributed by atoms with van der Waals surface area (Å²) in [5.74, 6) is 0. The van der Waals surface area contributed by atoms with E-state index >= 15 is 0 Å². The smallest absolute Gasteiger partial charge is 0.0511 e. The lowest BCUT2D eigenvalue weighted by molar-refractivity contribution is 1.20. The number of rotatable bonds is 2. The van der Waals surface area contributed by atoms with Gasteiger partial charge in [0.1, 0.15) is 0 Å². The normalized spacial score (nSPS) is 9.40. The van der Waals surface area contributed by atoms with Gasteiger partial charge in [0.2, 0.25) is 0 Å². The molecule has 0 saturated heterocycles. The molecule has 0 spiro atoms. The molecule has 0 aliphatic rings. The zero-order chi connectivity index (χ0) is 7.40. The molecule has 1 rings (SSSR count). The van der Waals surface area contributed by atoms with Crippen molar-refractivity contribution in [3.8, 4) is 0 Å². The van der Waals surface area contributed by atoms with Crippen LogP contribution in [0.5, 0.6) is 0 Å². The highest BCUT2D eigenvalue weighted by atomic mass is 79.9. The Bertz CT molecular complexity index is 217. The largest absolute Gasteiger partial charge is 0.308 e. The predicted octanol–water partition coefficient (Wildman–Crippen LogP) is 2.52. The van der Waals surface area contributed by atoms with Crippen LogP contribution >= 0.6 is 27.7 Å². The molecule has 0 aromatic heterocycles. The van der Waals surface area contributed by atoms with E-state index in [9.17, 15) is 0 Å². The van der Waals surface area contributed by atoms with Crippen molar-refractivity contribution < 1.29 is 0 Å². The Morgan fingerprint density at radius 3 is 2.80 bits per heavy atom. The molecule has 0 aliphatic heterocycles. The van der Waals surface area contributed by atoms with E-state index in [4.69, 9.17) is 11.8 Å². The van der Waals surface area contributed by atoms with Crippen LogP contribution in [0.2, 0.25) is 0 Å². The average Bonchev–Trinajstić information content (AvgIpc) is 1.88. The quantitative estimate of drug-likeness (QED) is 0.592. The van der Waals surface area contributed by atoms with E-state index in [1.54, 1.807) is 0 Å². The van der Waals surface area contributed by atoms with Gasteiger partial charge in [0, 0.05) is 4.47 Å². The molecular formula is C6H6BrClN2. The number of nitrogens with one attached hydrogen (secondary N) is 2. The van der Waals surface area contributed by atoms with Crippen molar-refractivity contribution in [2.24, 2.45) is 0 Å². The lowest BCUT2D eigenvalue weighted by Gasteiger charge is -2.00. The first-order chi connectivity index (χ1) is 4.83. The van der Waals surface area contributed by atoms with E-state index in [1.807, 2.05) is 24.3 Å². The van der Waals surface area contributed by atoms with Gasteiger partial charge in [-0.15, -0.1) is 4.94 Å². The second-order valence-electron chi connectivity index (χ2n) is 1.73. The summed E-state index contributed by atoms with van der Waals surface area (Å²) in [4.78, 5) is 2.31. The summed E-state index contributed by atoms with van der Waals surface area (Å²) in [6.45, 7) is 0. The molecule has 0 bridgehead atoms. The Hall–Kier alpha value is -0.250. The van der Waals surface area contributed by atoms with Gasteiger partial charge in [-0.25, -0.2) is 0 Å². The lowest BCUT2D eigenvalue weighted by atomic mass is 10.3. The molecule has 1 aromatic rings. The summed E-state index contributed by atoms with van der Waals surface area (Å²) >= 11 is 8.53. The van der Waals surface area contributed by atoms with Crippen LogP contribution in [-0.2, 0) is 0 Å². The van der Waals surface area contributed by atoms with Crippen LogP contribution < -0.4 is 10.4 Å². The van der Waals surface area contributed by atoms with E-state index in [0.29, 0.717) is 0 Å². The molecule has 0 saturated carbocycles. The second kappa shape index (κ2) is 3.81. The number of hydrazine groups is 1. The molecule has 54 valence electrons. The summed E-state index contributed by atoms with van der Waals surface area (Å²) in [5, 5.41) is 0. The van der Waals surface area contributed by atoms with Crippen molar-refractivity contribution in [1.82, 2.24) is 4.94 Å². The first-order valence-corrected chi connectivity index (χ1v) is 3.87. The maximum absolute atomic E-state index is 5.21. The van der Waals surface area contributed by atoms with Gasteiger partial charge in [-0.3, -0.25) is 0 Å². The van der Waals surface area contributed by atoms with Gasteiger partial charge in [-0.1, -0.05) is 22.0 Å². The van der Waals surface area contributed by atoms with Crippen LogP contribution in [0.1, 0.15) is 0 Å². The Labute approximate surface area is 72.8 Å². The Morgan fingerprint density at radius 1 is 1.40 bits per heavy atom. The van der Waals surface area contributed by atoms with Gasteiger partial charge in [-0.2, -0.15) is 0 Å². The van der Waals surface area contributed by atoms with Crippen LogP contribution in [0.4, 0.5) is 5.69 Å². The van der Waals surface area contributed by atoms with Crippen LogP contribution in [0.3, 0.4) is 0 Å². The van der Waals surface area contributed by atoms with Crippen molar-refractivity contribution in [3.05, 3.63) is 28.7 Å². The third kappa shape index (κ3) is 2.17. The van der Waals surface area contributed by atoms with E-state index in [2.05, 4.69) is 26.3 Å². The maximum Gasteiger partial charge on any atom is 0.0511 e. The molecule has 1 aromatic carbocycles. The topological polar surface area (TPSA) is 24.1 Å². The first kappa shape index (κ1) is 7.85. The fraction of sp³-hybridized carbons (Fsp3) is 0. The molecule has 10 heavy (non-hydrogen) atoms. The molecule has 0 radical (unpaired) electrons. The molecule has 0 amide bonds. The predicted molar refractivity (Wildman–Crippen MR) is 46.8 cm³/mol. The molecular weight excluding hydrogens is 215 g/mol. The minimum atomic E-state index is 0.921. The summed E-state index contributed by atoms with van der Waals surface area (Å²) in [5.41, 5.74) is 3.65. The van der Waals surface area contributed by atoms with E-state index in [1.165, 1.54) is 0 Å². The van der Waals surface area contributed by atoms with Crippen molar-refractivity contribution in [1.29, 1.82) is 0 Å². The van der Waals surface area contributed by atoms with Gasteiger partial charge in [0.25, 0.3) is 0 Å². The molecule has 2 nitrogen and oxygen atoms in total. The Kier molecular flexibility index (Phi) is 2.99. The highest BCUT2D eigenvalue weighted by Gasteiger charge is 1.88. The molecule has 0 heterocycles. The van der Waals surface area contributed by atoms with Crippen molar-refractivity contribution in [2.75, 3.05) is 5.43 Å². The highest BCUT2D eigenvalue weighted by molar-refractivity contribution is 9.10. The SMILES string of the molecule is ClNNc1cccc(Br)c1. The van der Waals surface area contributed by atoms with Gasteiger partial charge in [0.05, 0.1) is 5.69 Å². The van der Waals surface area contributed by atoms with Gasteiger partial charge < -0.3 is 5.43 Å². The monoisotopic (exact) mass is 220 g/mol. The van der Waals surface area contributed by atoms with E-state index in [-0.39, 0.29) is 0 Å². The summed E-state index contributed by atoms with van der Waals surface area (Å²) in [7, 11) is 0. The van der Waals surface area contributed by atoms with Crippen molar-refractivity contribution in [3.63, 3.8) is 0 Å². The summed E-state index contributed by atoms with van der Waals surface area (Å²) in [6, 6.07) is 7.68. The van der Waals surface area contributed by atoms with E-state index in [0.717, 1.165) is 10.2 Å². The molecule has 0 aliphatic carbocycles. The third-order valence-corrected chi connectivity index (χ3v) is 1.60. The van der Waals surface area contributed by atoms with Crippen molar-refractivity contribution >= 4 is 33.4 Å². The number of benzene rings is 1. The zero-order valence-electron chi connectivity index (χ0n) is 5.07. The molecule has 4 heteroatoms. The molecule has 0 atom stereocenters. The highest BCUT2D eigenvalue weighted by Crippen LogP contribution is 2.14. The zero-order valence-corrected chi connectivity index (χ0v) is 7.41. The summed E-state index contributed by atoms with van der Waals surface area (Å²) < 4.78 is 1.02. The fourth-order valence-electron chi connectivity index (χ4n) is 0.621. The van der Waals surface area contributed by atoms with E-state index < -0.39 is 0 Å².